The molecule has 0 saturated heterocycles. The molecular formula is C21H24FN3OS. The number of fused-ring (bicyclic) bond motifs is 3. The molecule has 4 rings (SSSR count). The molecule has 2 aromatic heterocycles. The van der Waals surface area contributed by atoms with E-state index in [2.05, 4.69) is 11.9 Å². The summed E-state index contributed by atoms with van der Waals surface area (Å²) >= 11 is 1.66. The molecule has 0 radical (unpaired) electrons. The maximum Gasteiger partial charge on any atom is 0.259 e. The molecule has 142 valence electrons. The molecule has 4 nitrogen and oxygen atoms in total. The molecule has 0 amide bonds. The number of aryl methyl sites for hydroxylation is 1. The zero-order chi connectivity index (χ0) is 19.1. The zero-order valence-electron chi connectivity index (χ0n) is 15.9. The number of halogens is 1. The lowest BCUT2D eigenvalue weighted by Crippen LogP contribution is -2.26. The van der Waals surface area contributed by atoms with Crippen LogP contribution < -0.4 is 5.56 Å². The number of nitrogens with zero attached hydrogens (tertiary/aromatic N) is 2. The fraction of sp³-hybridized carbons (Fsp3) is 0.429. The summed E-state index contributed by atoms with van der Waals surface area (Å²) < 4.78 is 14.0. The second-order valence-electron chi connectivity index (χ2n) is 7.67. The van der Waals surface area contributed by atoms with Gasteiger partial charge in [0.15, 0.2) is 0 Å². The van der Waals surface area contributed by atoms with E-state index in [-0.39, 0.29) is 17.4 Å². The first-order valence-corrected chi connectivity index (χ1v) is 10.2. The highest BCUT2D eigenvalue weighted by Gasteiger charge is 2.24. The third-order valence-corrected chi connectivity index (χ3v) is 6.77. The topological polar surface area (TPSA) is 49.0 Å². The fourth-order valence-corrected chi connectivity index (χ4v) is 5.19. The van der Waals surface area contributed by atoms with Crippen LogP contribution in [0.4, 0.5) is 4.39 Å². The molecule has 0 fully saturated rings. The normalized spacial score (nSPS) is 18.0. The maximum atomic E-state index is 14.0. The quantitative estimate of drug-likeness (QED) is 0.722. The van der Waals surface area contributed by atoms with Crippen molar-refractivity contribution >= 4 is 21.6 Å². The molecule has 0 unspecified atom stereocenters. The number of nitrogens with one attached hydrogen (secondary N) is 1. The molecule has 0 spiro atoms. The van der Waals surface area contributed by atoms with Gasteiger partial charge in [-0.1, -0.05) is 25.1 Å². The van der Waals surface area contributed by atoms with E-state index in [0.717, 1.165) is 29.5 Å². The first kappa shape index (κ1) is 18.3. The average Bonchev–Trinajstić information content (AvgIpc) is 3.00. The van der Waals surface area contributed by atoms with Crippen LogP contribution in [-0.2, 0) is 19.4 Å². The Balaban J connectivity index is 1.65. The van der Waals surface area contributed by atoms with Crippen molar-refractivity contribution in [1.29, 1.82) is 0 Å². The minimum atomic E-state index is -0.214. The van der Waals surface area contributed by atoms with Crippen LogP contribution in [-0.4, -0.2) is 21.9 Å². The molecule has 27 heavy (non-hydrogen) atoms. The van der Waals surface area contributed by atoms with Crippen LogP contribution >= 0.6 is 11.3 Å². The Morgan fingerprint density at radius 2 is 2.19 bits per heavy atom. The van der Waals surface area contributed by atoms with E-state index in [0.29, 0.717) is 23.9 Å². The van der Waals surface area contributed by atoms with E-state index in [1.54, 1.807) is 23.5 Å². The fourth-order valence-electron chi connectivity index (χ4n) is 3.80. The van der Waals surface area contributed by atoms with Crippen LogP contribution in [0.1, 0.15) is 48.1 Å². The van der Waals surface area contributed by atoms with Gasteiger partial charge >= 0.3 is 0 Å². The Labute approximate surface area is 162 Å². The summed E-state index contributed by atoms with van der Waals surface area (Å²) in [5.74, 6) is 1.08. The van der Waals surface area contributed by atoms with Crippen molar-refractivity contribution in [2.45, 2.75) is 45.7 Å². The Hall–Kier alpha value is -2.05. The molecule has 1 aliphatic carbocycles. The zero-order valence-corrected chi connectivity index (χ0v) is 16.7. The van der Waals surface area contributed by atoms with Crippen LogP contribution in [0.3, 0.4) is 0 Å². The van der Waals surface area contributed by atoms with Crippen molar-refractivity contribution < 1.29 is 4.39 Å². The largest absolute Gasteiger partial charge is 0.309 e. The summed E-state index contributed by atoms with van der Waals surface area (Å²) in [6.07, 6.45) is 3.12. The summed E-state index contributed by atoms with van der Waals surface area (Å²) in [6.45, 7) is 4.70. The van der Waals surface area contributed by atoms with Gasteiger partial charge in [-0.15, -0.1) is 11.3 Å². The average molecular weight is 386 g/mol. The maximum absolute atomic E-state index is 14.0. The van der Waals surface area contributed by atoms with Gasteiger partial charge in [-0.25, -0.2) is 9.37 Å². The van der Waals surface area contributed by atoms with Crippen molar-refractivity contribution in [3.8, 4) is 0 Å². The van der Waals surface area contributed by atoms with Gasteiger partial charge in [0, 0.05) is 17.0 Å². The highest BCUT2D eigenvalue weighted by atomic mass is 32.1. The monoisotopic (exact) mass is 385 g/mol. The summed E-state index contributed by atoms with van der Waals surface area (Å²) in [4.78, 5) is 24.7. The van der Waals surface area contributed by atoms with Crippen LogP contribution in [0.25, 0.3) is 10.2 Å². The minimum Gasteiger partial charge on any atom is -0.309 e. The van der Waals surface area contributed by atoms with Crippen molar-refractivity contribution in [2.24, 2.45) is 5.92 Å². The molecule has 0 bridgehead atoms. The lowest BCUT2D eigenvalue weighted by atomic mass is 9.89. The number of aromatic nitrogens is 2. The summed E-state index contributed by atoms with van der Waals surface area (Å²) in [5, 5.41) is 0.773. The number of benzene rings is 1. The van der Waals surface area contributed by atoms with Gasteiger partial charge in [-0.2, -0.15) is 0 Å². The SMILES string of the molecule is C[C@@H]1CCc2c(sc3nc([C@@H](C)N(C)Cc4ccccc4F)[nH]c(=O)c23)C1. The van der Waals surface area contributed by atoms with Gasteiger partial charge in [0.1, 0.15) is 16.5 Å². The molecule has 0 aliphatic heterocycles. The lowest BCUT2D eigenvalue weighted by molar-refractivity contribution is 0.240. The third kappa shape index (κ3) is 3.44. The van der Waals surface area contributed by atoms with Crippen molar-refractivity contribution in [2.75, 3.05) is 7.05 Å². The molecule has 2 heterocycles. The van der Waals surface area contributed by atoms with Gasteiger partial charge in [-0.05, 0) is 50.8 Å². The minimum absolute atomic E-state index is 0.0480. The molecule has 0 saturated carbocycles. The summed E-state index contributed by atoms with van der Waals surface area (Å²) in [6, 6.07) is 6.65. The highest BCUT2D eigenvalue weighted by Crippen LogP contribution is 2.36. The predicted octanol–water partition coefficient (Wildman–Crippen LogP) is 4.44. The second kappa shape index (κ2) is 7.17. The standard InChI is InChI=1S/C21H24FN3OS/c1-12-8-9-15-17(10-12)27-21-18(15)20(26)23-19(24-21)13(2)25(3)11-14-6-4-5-7-16(14)22/h4-7,12-13H,8-11H2,1-3H3,(H,23,24,26)/t12-,13-/m1/s1. The predicted molar refractivity (Wildman–Crippen MR) is 108 cm³/mol. The first-order valence-electron chi connectivity index (χ1n) is 9.42. The van der Waals surface area contributed by atoms with Crippen molar-refractivity contribution in [1.82, 2.24) is 14.9 Å². The van der Waals surface area contributed by atoms with E-state index in [4.69, 9.17) is 4.98 Å². The summed E-state index contributed by atoms with van der Waals surface area (Å²) in [7, 11) is 1.92. The number of hydrogen-bond acceptors (Lipinski definition) is 4. The molecule has 1 aliphatic rings. The van der Waals surface area contributed by atoms with Crippen LogP contribution in [0, 0.1) is 11.7 Å². The lowest BCUT2D eigenvalue weighted by Gasteiger charge is -2.24. The first-order chi connectivity index (χ1) is 12.9. The number of hydrogen-bond donors (Lipinski definition) is 1. The Morgan fingerprint density at radius 1 is 1.41 bits per heavy atom. The molecule has 3 aromatic rings. The molecule has 2 atom stereocenters. The number of aromatic amines is 1. The Kier molecular flexibility index (Phi) is 4.86. The smallest absolute Gasteiger partial charge is 0.259 e. The third-order valence-electron chi connectivity index (χ3n) is 5.62. The van der Waals surface area contributed by atoms with Crippen molar-refractivity contribution in [3.05, 3.63) is 62.3 Å². The van der Waals surface area contributed by atoms with E-state index in [1.165, 1.54) is 16.5 Å². The summed E-state index contributed by atoms with van der Waals surface area (Å²) in [5.41, 5.74) is 1.78. The van der Waals surface area contributed by atoms with E-state index in [1.807, 2.05) is 24.9 Å². The van der Waals surface area contributed by atoms with Gasteiger partial charge in [-0.3, -0.25) is 9.69 Å². The van der Waals surface area contributed by atoms with Gasteiger partial charge in [0.2, 0.25) is 0 Å². The van der Waals surface area contributed by atoms with E-state index in [9.17, 15) is 9.18 Å². The van der Waals surface area contributed by atoms with Gasteiger partial charge in [0.25, 0.3) is 5.56 Å². The Morgan fingerprint density at radius 3 is 2.96 bits per heavy atom. The Bertz CT molecular complexity index is 1040. The van der Waals surface area contributed by atoms with E-state index >= 15 is 0 Å². The highest BCUT2D eigenvalue weighted by molar-refractivity contribution is 7.18. The van der Waals surface area contributed by atoms with Gasteiger partial charge in [0.05, 0.1) is 11.4 Å². The molecular weight excluding hydrogens is 361 g/mol. The van der Waals surface area contributed by atoms with E-state index < -0.39 is 0 Å². The van der Waals surface area contributed by atoms with Crippen LogP contribution in [0.2, 0.25) is 0 Å². The number of H-pyrrole nitrogens is 1. The van der Waals surface area contributed by atoms with Crippen LogP contribution in [0.15, 0.2) is 29.1 Å². The number of thiophene rings is 1. The molecule has 1 N–H and O–H groups in total. The second-order valence-corrected chi connectivity index (χ2v) is 8.75. The number of rotatable bonds is 4. The van der Waals surface area contributed by atoms with Gasteiger partial charge < -0.3 is 4.98 Å². The molecule has 1 aromatic carbocycles. The van der Waals surface area contributed by atoms with Crippen LogP contribution in [0.5, 0.6) is 0 Å². The van der Waals surface area contributed by atoms with Crippen molar-refractivity contribution in [3.63, 3.8) is 0 Å². The molecule has 6 heteroatoms.